The highest BCUT2D eigenvalue weighted by Crippen LogP contribution is 2.21. The minimum atomic E-state index is 0.0151. The number of carbonyl (C=O) groups is 1. The molecule has 0 saturated carbocycles. The number of hydrogen-bond donors (Lipinski definition) is 1. The number of nitrogens with zero attached hydrogens (tertiary/aromatic N) is 1. The maximum Gasteiger partial charge on any atom is 0.228 e. The summed E-state index contributed by atoms with van der Waals surface area (Å²) >= 11 is 4.82. The molecular formula is C11H20N2O2S. The van der Waals surface area contributed by atoms with Crippen LogP contribution < -0.4 is 5.73 Å². The van der Waals surface area contributed by atoms with Crippen LogP contribution in [0.5, 0.6) is 0 Å². The first-order valence-corrected chi connectivity index (χ1v) is 6.14. The molecule has 1 fully saturated rings. The molecule has 0 aromatic carbocycles. The zero-order valence-electron chi connectivity index (χ0n) is 9.94. The molecule has 1 saturated heterocycles. The summed E-state index contributed by atoms with van der Waals surface area (Å²) in [5.74, 6) is 0.185. The van der Waals surface area contributed by atoms with Crippen molar-refractivity contribution in [3.8, 4) is 0 Å². The van der Waals surface area contributed by atoms with Crippen LogP contribution in [0.15, 0.2) is 0 Å². The predicted octanol–water partition coefficient (Wildman–Crippen LogP) is 0.936. The van der Waals surface area contributed by atoms with Crippen LogP contribution in [0.3, 0.4) is 0 Å². The molecule has 1 aliphatic heterocycles. The molecule has 0 aliphatic carbocycles. The van der Waals surface area contributed by atoms with Crippen molar-refractivity contribution in [2.24, 2.45) is 11.7 Å². The van der Waals surface area contributed by atoms with Gasteiger partial charge in [-0.15, -0.1) is 0 Å². The van der Waals surface area contributed by atoms with Gasteiger partial charge in [-0.1, -0.05) is 12.2 Å². The summed E-state index contributed by atoms with van der Waals surface area (Å²) in [6, 6.07) is 0. The largest absolute Gasteiger partial charge is 0.393 e. The molecule has 5 heteroatoms. The van der Waals surface area contributed by atoms with Crippen LogP contribution in [-0.2, 0) is 9.53 Å². The van der Waals surface area contributed by atoms with E-state index < -0.39 is 0 Å². The number of ether oxygens (including phenoxy) is 1. The Morgan fingerprint density at radius 1 is 1.62 bits per heavy atom. The van der Waals surface area contributed by atoms with E-state index in [1.54, 1.807) is 0 Å². The smallest absolute Gasteiger partial charge is 0.228 e. The lowest BCUT2D eigenvalue weighted by Crippen LogP contribution is -2.38. The molecular weight excluding hydrogens is 224 g/mol. The van der Waals surface area contributed by atoms with Gasteiger partial charge in [-0.3, -0.25) is 4.79 Å². The Morgan fingerprint density at radius 3 is 2.75 bits per heavy atom. The average Bonchev–Trinajstić information content (AvgIpc) is 2.65. The van der Waals surface area contributed by atoms with Crippen molar-refractivity contribution in [3.05, 3.63) is 0 Å². The number of amides is 1. The van der Waals surface area contributed by atoms with E-state index in [4.69, 9.17) is 22.7 Å². The predicted molar refractivity (Wildman–Crippen MR) is 67.2 cm³/mol. The van der Waals surface area contributed by atoms with Gasteiger partial charge >= 0.3 is 0 Å². The third-order valence-electron chi connectivity index (χ3n) is 2.87. The van der Waals surface area contributed by atoms with E-state index in [1.807, 2.05) is 18.7 Å². The van der Waals surface area contributed by atoms with E-state index in [2.05, 4.69) is 0 Å². The second kappa shape index (κ2) is 6.15. The molecule has 4 nitrogen and oxygen atoms in total. The van der Waals surface area contributed by atoms with Crippen LogP contribution in [0.25, 0.3) is 0 Å². The summed E-state index contributed by atoms with van der Waals surface area (Å²) < 4.78 is 5.41. The molecule has 2 atom stereocenters. The fourth-order valence-electron chi connectivity index (χ4n) is 1.92. The van der Waals surface area contributed by atoms with Crippen molar-refractivity contribution in [1.82, 2.24) is 4.90 Å². The van der Waals surface area contributed by atoms with E-state index in [0.29, 0.717) is 31.1 Å². The number of thiocarbonyl (C=S) groups is 1. The molecule has 92 valence electrons. The highest BCUT2D eigenvalue weighted by Gasteiger charge is 2.30. The molecule has 0 aromatic heterocycles. The fourth-order valence-corrected chi connectivity index (χ4v) is 2.01. The van der Waals surface area contributed by atoms with Crippen molar-refractivity contribution in [3.63, 3.8) is 0 Å². The van der Waals surface area contributed by atoms with Crippen molar-refractivity contribution in [2.45, 2.75) is 32.8 Å². The van der Waals surface area contributed by atoms with Crippen molar-refractivity contribution < 1.29 is 9.53 Å². The zero-order chi connectivity index (χ0) is 12.1. The summed E-state index contributed by atoms with van der Waals surface area (Å²) in [5, 5.41) is 0. The molecule has 0 bridgehead atoms. The minimum Gasteiger partial charge on any atom is -0.393 e. The maximum atomic E-state index is 12.1. The van der Waals surface area contributed by atoms with Crippen molar-refractivity contribution in [1.29, 1.82) is 0 Å². The summed E-state index contributed by atoms with van der Waals surface area (Å²) in [5.41, 5.74) is 5.44. The van der Waals surface area contributed by atoms with E-state index in [9.17, 15) is 4.79 Å². The second-order valence-electron chi connectivity index (χ2n) is 4.21. The van der Waals surface area contributed by atoms with Gasteiger partial charge in [0.1, 0.15) is 0 Å². The van der Waals surface area contributed by atoms with Gasteiger partial charge in [0, 0.05) is 19.5 Å². The molecule has 1 amide bonds. The first kappa shape index (κ1) is 13.4. The fraction of sp³-hybridized carbons (Fsp3) is 0.818. The van der Waals surface area contributed by atoms with Crippen LogP contribution in [0.1, 0.15) is 26.7 Å². The van der Waals surface area contributed by atoms with Gasteiger partial charge in [0.25, 0.3) is 0 Å². The number of carbonyl (C=O) groups excluding carboxylic acids is 1. The van der Waals surface area contributed by atoms with E-state index >= 15 is 0 Å². The SMILES string of the molecule is CCN(CCC(N)=S)C(=O)C1COC(C)C1. The lowest BCUT2D eigenvalue weighted by atomic mass is 10.0. The van der Waals surface area contributed by atoms with E-state index in [0.717, 1.165) is 6.42 Å². The van der Waals surface area contributed by atoms with E-state index in [1.165, 1.54) is 0 Å². The van der Waals surface area contributed by atoms with Crippen LogP contribution in [0.4, 0.5) is 0 Å². The van der Waals surface area contributed by atoms with Gasteiger partial charge in [-0.25, -0.2) is 0 Å². The van der Waals surface area contributed by atoms with Crippen LogP contribution in [0, 0.1) is 5.92 Å². The molecule has 2 N–H and O–H groups in total. The van der Waals surface area contributed by atoms with Crippen molar-refractivity contribution in [2.75, 3.05) is 19.7 Å². The van der Waals surface area contributed by atoms with Gasteiger partial charge in [0.05, 0.1) is 23.6 Å². The van der Waals surface area contributed by atoms with Crippen LogP contribution >= 0.6 is 12.2 Å². The summed E-state index contributed by atoms with van der Waals surface area (Å²) in [6.45, 7) is 5.83. The third-order valence-corrected chi connectivity index (χ3v) is 3.07. The molecule has 1 rings (SSSR count). The average molecular weight is 244 g/mol. The Bertz CT molecular complexity index is 271. The first-order valence-electron chi connectivity index (χ1n) is 5.73. The number of rotatable bonds is 5. The highest BCUT2D eigenvalue weighted by atomic mass is 32.1. The van der Waals surface area contributed by atoms with Gasteiger partial charge in [-0.2, -0.15) is 0 Å². The Morgan fingerprint density at radius 2 is 2.31 bits per heavy atom. The standard InChI is InChI=1S/C11H20N2O2S/c1-3-13(5-4-10(12)16)11(14)9-6-8(2)15-7-9/h8-9H,3-7H2,1-2H3,(H2,12,16). The van der Waals surface area contributed by atoms with Gasteiger partial charge in [0.15, 0.2) is 0 Å². The molecule has 2 unspecified atom stereocenters. The van der Waals surface area contributed by atoms with Gasteiger partial charge < -0.3 is 15.4 Å². The van der Waals surface area contributed by atoms with Crippen molar-refractivity contribution >= 4 is 23.1 Å². The Labute approximate surface area is 102 Å². The summed E-state index contributed by atoms with van der Waals surface area (Å²) in [7, 11) is 0. The molecule has 1 heterocycles. The minimum absolute atomic E-state index is 0.0151. The lowest BCUT2D eigenvalue weighted by Gasteiger charge is -2.23. The van der Waals surface area contributed by atoms with Crippen LogP contribution in [-0.4, -0.2) is 41.6 Å². The lowest BCUT2D eigenvalue weighted by molar-refractivity contribution is -0.135. The number of hydrogen-bond acceptors (Lipinski definition) is 3. The molecule has 0 aromatic rings. The third kappa shape index (κ3) is 3.72. The topological polar surface area (TPSA) is 55.6 Å². The van der Waals surface area contributed by atoms with Gasteiger partial charge in [-0.05, 0) is 20.3 Å². The summed E-state index contributed by atoms with van der Waals surface area (Å²) in [4.78, 5) is 14.4. The first-order chi connectivity index (χ1) is 7.54. The summed E-state index contributed by atoms with van der Waals surface area (Å²) in [6.07, 6.45) is 1.61. The second-order valence-corrected chi connectivity index (χ2v) is 4.74. The monoisotopic (exact) mass is 244 g/mol. The Balaban J connectivity index is 2.45. The maximum absolute atomic E-state index is 12.1. The zero-order valence-corrected chi connectivity index (χ0v) is 10.8. The molecule has 1 aliphatic rings. The Hall–Kier alpha value is -0.680. The molecule has 16 heavy (non-hydrogen) atoms. The highest BCUT2D eigenvalue weighted by molar-refractivity contribution is 7.80. The van der Waals surface area contributed by atoms with Gasteiger partial charge in [0.2, 0.25) is 5.91 Å². The quantitative estimate of drug-likeness (QED) is 0.731. The molecule has 0 spiro atoms. The molecule has 0 radical (unpaired) electrons. The van der Waals surface area contributed by atoms with Crippen LogP contribution in [0.2, 0.25) is 0 Å². The normalized spacial score (nSPS) is 24.4. The number of nitrogens with two attached hydrogens (primary N) is 1. The van der Waals surface area contributed by atoms with E-state index in [-0.39, 0.29) is 17.9 Å². The Kier molecular flexibility index (Phi) is 5.15.